The van der Waals surface area contributed by atoms with Gasteiger partial charge in [0.1, 0.15) is 11.4 Å². The van der Waals surface area contributed by atoms with E-state index in [1.807, 2.05) is 20.8 Å². The van der Waals surface area contributed by atoms with E-state index in [0.29, 0.717) is 19.3 Å². The summed E-state index contributed by atoms with van der Waals surface area (Å²) >= 11 is 0. The van der Waals surface area contributed by atoms with E-state index in [2.05, 4.69) is 26.0 Å². The van der Waals surface area contributed by atoms with Crippen molar-refractivity contribution in [2.75, 3.05) is 0 Å². The Bertz CT molecular complexity index is 737. The van der Waals surface area contributed by atoms with Crippen molar-refractivity contribution in [3.05, 3.63) is 52.1 Å². The van der Waals surface area contributed by atoms with Crippen LogP contribution in [0.1, 0.15) is 68.9 Å². The summed E-state index contributed by atoms with van der Waals surface area (Å²) in [6.07, 6.45) is 6.12. The quantitative estimate of drug-likeness (QED) is 0.724. The van der Waals surface area contributed by atoms with Gasteiger partial charge in [0.15, 0.2) is 0 Å². The number of carbonyl (C=O) groups is 1. The van der Waals surface area contributed by atoms with Crippen LogP contribution in [0, 0.1) is 0 Å². The van der Waals surface area contributed by atoms with Crippen molar-refractivity contribution in [3.63, 3.8) is 0 Å². The lowest BCUT2D eigenvalue weighted by Gasteiger charge is -2.41. The smallest absolute Gasteiger partial charge is 0.335 e. The van der Waals surface area contributed by atoms with Crippen molar-refractivity contribution < 1.29 is 19.7 Å². The second-order valence-electron chi connectivity index (χ2n) is 7.87. The van der Waals surface area contributed by atoms with E-state index < -0.39 is 17.7 Å². The summed E-state index contributed by atoms with van der Waals surface area (Å²) < 4.78 is 6.31. The summed E-state index contributed by atoms with van der Waals surface area (Å²) in [5.74, 6) is -0.227. The Kier molecular flexibility index (Phi) is 6.30. The van der Waals surface area contributed by atoms with Gasteiger partial charge in [0, 0.05) is 6.42 Å². The maximum Gasteiger partial charge on any atom is 0.335 e. The van der Waals surface area contributed by atoms with Gasteiger partial charge >= 0.3 is 5.97 Å². The molecule has 1 aliphatic rings. The van der Waals surface area contributed by atoms with Crippen LogP contribution in [0.3, 0.4) is 0 Å². The molecule has 0 unspecified atom stereocenters. The number of carboxylic acid groups (broad SMARTS) is 1. The topological polar surface area (TPSA) is 66.8 Å². The molecule has 1 aromatic carbocycles. The van der Waals surface area contributed by atoms with Crippen LogP contribution in [0.15, 0.2) is 35.4 Å². The maximum atomic E-state index is 11.5. The van der Waals surface area contributed by atoms with E-state index in [0.717, 1.165) is 23.3 Å². The molecule has 26 heavy (non-hydrogen) atoms. The lowest BCUT2D eigenvalue weighted by molar-refractivity contribution is -0.0592. The molecule has 0 aromatic heterocycles. The molecule has 4 nitrogen and oxygen atoms in total. The maximum absolute atomic E-state index is 11.5. The van der Waals surface area contributed by atoms with Crippen LogP contribution < -0.4 is 4.74 Å². The van der Waals surface area contributed by atoms with Gasteiger partial charge in [-0.1, -0.05) is 23.3 Å². The number of ether oxygens (including phenoxy) is 1. The minimum Gasteiger partial charge on any atom is -0.484 e. The molecule has 4 heteroatoms. The molecule has 0 radical (unpaired) electrons. The third kappa shape index (κ3) is 4.76. The van der Waals surface area contributed by atoms with Gasteiger partial charge in [-0.3, -0.25) is 0 Å². The molecule has 0 aliphatic carbocycles. The molecule has 1 aliphatic heterocycles. The second kappa shape index (κ2) is 8.09. The molecular weight excluding hydrogens is 328 g/mol. The van der Waals surface area contributed by atoms with Gasteiger partial charge < -0.3 is 14.9 Å². The Morgan fingerprint density at radius 3 is 2.46 bits per heavy atom. The van der Waals surface area contributed by atoms with E-state index in [4.69, 9.17) is 4.74 Å². The van der Waals surface area contributed by atoms with Gasteiger partial charge in [0.25, 0.3) is 0 Å². The van der Waals surface area contributed by atoms with Gasteiger partial charge in [0.05, 0.1) is 11.7 Å². The van der Waals surface area contributed by atoms with Gasteiger partial charge in [-0.15, -0.1) is 0 Å². The lowest BCUT2D eigenvalue weighted by atomic mass is 9.84. The van der Waals surface area contributed by atoms with Crippen LogP contribution in [-0.2, 0) is 12.8 Å². The standard InChI is InChI=1S/C22H30O4/c1-14(2)7-6-10-22(5)19(23)13-17-12-18(21(24)25)11-16(20(17)26-22)9-8-15(3)4/h7-8,11-12,19,23H,6,9-10,13H2,1-5H3,(H,24,25)/t19-,22-/m1/s1. The Morgan fingerprint density at radius 1 is 1.23 bits per heavy atom. The van der Waals surface area contributed by atoms with Gasteiger partial charge in [-0.2, -0.15) is 0 Å². The monoisotopic (exact) mass is 358 g/mol. The first-order valence-corrected chi connectivity index (χ1v) is 9.15. The molecule has 0 saturated heterocycles. The minimum atomic E-state index is -0.961. The van der Waals surface area contributed by atoms with Crippen molar-refractivity contribution in [3.8, 4) is 5.75 Å². The Morgan fingerprint density at radius 2 is 1.88 bits per heavy atom. The van der Waals surface area contributed by atoms with Gasteiger partial charge in [-0.25, -0.2) is 4.79 Å². The summed E-state index contributed by atoms with van der Waals surface area (Å²) in [5, 5.41) is 20.1. The third-order valence-corrected chi connectivity index (χ3v) is 4.87. The number of hydrogen-bond acceptors (Lipinski definition) is 3. The van der Waals surface area contributed by atoms with Crippen molar-refractivity contribution in [1.29, 1.82) is 0 Å². The zero-order valence-corrected chi connectivity index (χ0v) is 16.4. The van der Waals surface area contributed by atoms with Crippen LogP contribution in [0.5, 0.6) is 5.75 Å². The highest BCUT2D eigenvalue weighted by Gasteiger charge is 2.40. The first-order valence-electron chi connectivity index (χ1n) is 9.15. The average Bonchev–Trinajstić information content (AvgIpc) is 2.53. The molecule has 0 saturated carbocycles. The zero-order chi connectivity index (χ0) is 19.5. The number of hydrogen-bond donors (Lipinski definition) is 2. The highest BCUT2D eigenvalue weighted by molar-refractivity contribution is 5.88. The van der Waals surface area contributed by atoms with Crippen molar-refractivity contribution in [1.82, 2.24) is 0 Å². The Hall–Kier alpha value is -2.07. The fourth-order valence-corrected chi connectivity index (χ4v) is 3.22. The molecule has 1 heterocycles. The highest BCUT2D eigenvalue weighted by Crippen LogP contribution is 2.39. The van der Waals surface area contributed by atoms with Crippen LogP contribution in [0.25, 0.3) is 0 Å². The van der Waals surface area contributed by atoms with Crippen LogP contribution in [0.4, 0.5) is 0 Å². The molecule has 142 valence electrons. The molecule has 0 spiro atoms. The number of aromatic carboxylic acids is 1. The molecule has 0 amide bonds. The molecule has 0 bridgehead atoms. The van der Waals surface area contributed by atoms with Crippen molar-refractivity contribution in [2.24, 2.45) is 0 Å². The molecule has 2 N–H and O–H groups in total. The van der Waals surface area contributed by atoms with E-state index >= 15 is 0 Å². The first kappa shape index (κ1) is 20.2. The summed E-state index contributed by atoms with van der Waals surface area (Å²) in [6, 6.07) is 3.32. The average molecular weight is 358 g/mol. The van der Waals surface area contributed by atoms with Gasteiger partial charge in [0.2, 0.25) is 0 Å². The molecule has 2 rings (SSSR count). The minimum absolute atomic E-state index is 0.241. The first-order chi connectivity index (χ1) is 12.1. The lowest BCUT2D eigenvalue weighted by Crippen LogP contribution is -2.49. The number of fused-ring (bicyclic) bond motifs is 1. The largest absolute Gasteiger partial charge is 0.484 e. The summed E-state index contributed by atoms with van der Waals surface area (Å²) in [4.78, 5) is 11.5. The predicted octanol–water partition coefficient (Wildman–Crippen LogP) is 4.69. The molecule has 0 fully saturated rings. The van der Waals surface area contributed by atoms with Crippen LogP contribution >= 0.6 is 0 Å². The van der Waals surface area contributed by atoms with Gasteiger partial charge in [-0.05, 0) is 77.1 Å². The predicted molar refractivity (Wildman–Crippen MR) is 104 cm³/mol. The number of allylic oxidation sites excluding steroid dienone is 4. The zero-order valence-electron chi connectivity index (χ0n) is 16.4. The SMILES string of the molecule is CC(C)=CCC[C@@]1(C)Oc2c(CC=C(C)C)cc(C(=O)O)cc2C[C@H]1O. The summed E-state index contributed by atoms with van der Waals surface area (Å²) in [6.45, 7) is 10.1. The van der Waals surface area contributed by atoms with Crippen LogP contribution in [0.2, 0.25) is 0 Å². The third-order valence-electron chi connectivity index (χ3n) is 4.87. The Labute approximate surface area is 156 Å². The number of benzene rings is 1. The molecule has 1 aromatic rings. The Balaban J connectivity index is 2.41. The van der Waals surface area contributed by atoms with Crippen molar-refractivity contribution >= 4 is 5.97 Å². The number of rotatable bonds is 6. The van der Waals surface area contributed by atoms with E-state index in [1.54, 1.807) is 12.1 Å². The molecule has 2 atom stereocenters. The summed E-state index contributed by atoms with van der Waals surface area (Å²) in [7, 11) is 0. The second-order valence-corrected chi connectivity index (χ2v) is 7.87. The normalized spacial score (nSPS) is 21.4. The van der Waals surface area contributed by atoms with E-state index in [1.165, 1.54) is 11.1 Å². The molecular formula is C22H30O4. The fourth-order valence-electron chi connectivity index (χ4n) is 3.22. The fraction of sp³-hybridized carbons (Fsp3) is 0.500. The highest BCUT2D eigenvalue weighted by atomic mass is 16.5. The van der Waals surface area contributed by atoms with E-state index in [9.17, 15) is 15.0 Å². The van der Waals surface area contributed by atoms with E-state index in [-0.39, 0.29) is 5.56 Å². The number of aliphatic hydroxyl groups excluding tert-OH is 1. The van der Waals surface area contributed by atoms with Crippen LogP contribution in [-0.4, -0.2) is 27.9 Å². The van der Waals surface area contributed by atoms with Crippen molar-refractivity contribution in [2.45, 2.75) is 72.0 Å². The number of aliphatic hydroxyl groups is 1. The number of carboxylic acids is 1. The summed E-state index contributed by atoms with van der Waals surface area (Å²) in [5.41, 5.74) is 3.61.